The van der Waals surface area contributed by atoms with Gasteiger partial charge in [-0.1, -0.05) is 23.7 Å². The van der Waals surface area contributed by atoms with E-state index >= 15 is 0 Å². The highest BCUT2D eigenvalue weighted by Crippen LogP contribution is 2.15. The van der Waals surface area contributed by atoms with Gasteiger partial charge >= 0.3 is 0 Å². The molecule has 2 rings (SSSR count). The molecule has 0 radical (unpaired) electrons. The Balaban J connectivity index is 1.61. The molecule has 1 aliphatic heterocycles. The number of hydrogen-bond acceptors (Lipinski definition) is 3. The Bertz CT molecular complexity index is 498. The molecule has 0 aromatic heterocycles. The minimum absolute atomic E-state index is 0.486. The number of rotatable bonds is 7. The van der Waals surface area contributed by atoms with E-state index in [4.69, 9.17) is 23.8 Å². The summed E-state index contributed by atoms with van der Waals surface area (Å²) >= 11 is 11.3. The van der Waals surface area contributed by atoms with E-state index in [2.05, 4.69) is 46.7 Å². The summed E-state index contributed by atoms with van der Waals surface area (Å²) in [5.41, 5.74) is 1.32. The predicted octanol–water partition coefficient (Wildman–Crippen LogP) is 2.72. The van der Waals surface area contributed by atoms with Gasteiger partial charge in [-0.2, -0.15) is 0 Å². The summed E-state index contributed by atoms with van der Waals surface area (Å²) in [7, 11) is 4.18. The van der Waals surface area contributed by atoms with Crippen LogP contribution in [-0.2, 0) is 6.54 Å². The SMILES string of the molecule is CN(C)CCCNC(=S)NC1CCN(Cc2ccc(Cl)cc2)CC1. The summed E-state index contributed by atoms with van der Waals surface area (Å²) in [4.78, 5) is 4.68. The number of likely N-dealkylation sites (tertiary alicyclic amines) is 1. The maximum atomic E-state index is 5.94. The molecule has 1 fully saturated rings. The summed E-state index contributed by atoms with van der Waals surface area (Å²) in [6.07, 6.45) is 3.37. The molecule has 1 heterocycles. The Morgan fingerprint density at radius 3 is 2.54 bits per heavy atom. The molecule has 0 spiro atoms. The summed E-state index contributed by atoms with van der Waals surface area (Å²) < 4.78 is 0. The Morgan fingerprint density at radius 2 is 1.92 bits per heavy atom. The number of benzene rings is 1. The molecule has 0 aliphatic carbocycles. The molecule has 0 unspecified atom stereocenters. The molecule has 1 saturated heterocycles. The number of hydrogen-bond donors (Lipinski definition) is 2. The molecule has 2 N–H and O–H groups in total. The first-order valence-electron chi connectivity index (χ1n) is 8.69. The second kappa shape index (κ2) is 10.2. The van der Waals surface area contributed by atoms with Crippen LogP contribution in [0.15, 0.2) is 24.3 Å². The quantitative estimate of drug-likeness (QED) is 0.570. The first-order valence-corrected chi connectivity index (χ1v) is 9.47. The minimum atomic E-state index is 0.486. The molecule has 1 aromatic carbocycles. The van der Waals surface area contributed by atoms with Crippen LogP contribution in [0.25, 0.3) is 0 Å². The van der Waals surface area contributed by atoms with Crippen molar-refractivity contribution < 1.29 is 0 Å². The van der Waals surface area contributed by atoms with E-state index in [0.717, 1.165) is 62.1 Å². The van der Waals surface area contributed by atoms with Gasteiger partial charge in [0.05, 0.1) is 0 Å². The Hall–Kier alpha value is -0.880. The van der Waals surface area contributed by atoms with E-state index in [1.54, 1.807) is 0 Å². The number of nitrogens with zero attached hydrogens (tertiary/aromatic N) is 2. The van der Waals surface area contributed by atoms with E-state index in [0.29, 0.717) is 6.04 Å². The van der Waals surface area contributed by atoms with Gasteiger partial charge in [-0.15, -0.1) is 0 Å². The van der Waals surface area contributed by atoms with Crippen LogP contribution in [0.4, 0.5) is 0 Å². The molecule has 1 aromatic rings. The molecule has 1 aliphatic rings. The van der Waals surface area contributed by atoms with Gasteiger partial charge in [-0.05, 0) is 69.8 Å². The lowest BCUT2D eigenvalue weighted by Crippen LogP contribution is -2.47. The topological polar surface area (TPSA) is 30.5 Å². The smallest absolute Gasteiger partial charge is 0.166 e. The summed E-state index contributed by atoms with van der Waals surface area (Å²) in [6, 6.07) is 8.64. The van der Waals surface area contributed by atoms with Gasteiger partial charge < -0.3 is 15.5 Å². The fourth-order valence-corrected chi connectivity index (χ4v) is 3.31. The fraction of sp³-hybridized carbons (Fsp3) is 0.611. The van der Waals surface area contributed by atoms with Crippen LogP contribution in [0.5, 0.6) is 0 Å². The van der Waals surface area contributed by atoms with Crippen molar-refractivity contribution in [3.8, 4) is 0 Å². The maximum Gasteiger partial charge on any atom is 0.166 e. The van der Waals surface area contributed by atoms with Gasteiger partial charge in [0.1, 0.15) is 0 Å². The molecule has 0 bridgehead atoms. The second-order valence-electron chi connectivity index (χ2n) is 6.73. The first-order chi connectivity index (χ1) is 11.5. The Labute approximate surface area is 156 Å². The van der Waals surface area contributed by atoms with Crippen LogP contribution in [0, 0.1) is 0 Å². The third kappa shape index (κ3) is 7.34. The predicted molar refractivity (Wildman–Crippen MR) is 107 cm³/mol. The number of piperidine rings is 1. The van der Waals surface area contributed by atoms with Crippen LogP contribution >= 0.6 is 23.8 Å². The van der Waals surface area contributed by atoms with Crippen molar-refractivity contribution in [3.63, 3.8) is 0 Å². The fourth-order valence-electron chi connectivity index (χ4n) is 2.92. The molecule has 24 heavy (non-hydrogen) atoms. The van der Waals surface area contributed by atoms with Gasteiger partial charge in [0.2, 0.25) is 0 Å². The van der Waals surface area contributed by atoms with E-state index in [-0.39, 0.29) is 0 Å². The highest BCUT2D eigenvalue weighted by atomic mass is 35.5. The summed E-state index contributed by atoms with van der Waals surface area (Å²) in [5.74, 6) is 0. The normalized spacial score (nSPS) is 16.3. The first kappa shape index (κ1) is 19.4. The van der Waals surface area contributed by atoms with E-state index < -0.39 is 0 Å². The molecule has 0 amide bonds. The zero-order chi connectivity index (χ0) is 17.4. The zero-order valence-electron chi connectivity index (χ0n) is 14.7. The molecule has 134 valence electrons. The lowest BCUT2D eigenvalue weighted by molar-refractivity contribution is 0.199. The third-order valence-corrected chi connectivity index (χ3v) is 4.82. The summed E-state index contributed by atoms with van der Waals surface area (Å²) in [5, 5.41) is 8.37. The monoisotopic (exact) mass is 368 g/mol. The van der Waals surface area contributed by atoms with Crippen molar-refractivity contribution >= 4 is 28.9 Å². The van der Waals surface area contributed by atoms with Crippen LogP contribution in [0.1, 0.15) is 24.8 Å². The van der Waals surface area contributed by atoms with E-state index in [1.807, 2.05) is 12.1 Å². The average molecular weight is 369 g/mol. The summed E-state index contributed by atoms with van der Waals surface area (Å²) in [6.45, 7) is 5.21. The minimum Gasteiger partial charge on any atom is -0.363 e. The molecule has 0 saturated carbocycles. The molecular weight excluding hydrogens is 340 g/mol. The van der Waals surface area contributed by atoms with Gasteiger partial charge in [-0.3, -0.25) is 4.90 Å². The molecular formula is C18H29ClN4S. The Kier molecular flexibility index (Phi) is 8.25. The van der Waals surface area contributed by atoms with Gasteiger partial charge in [0, 0.05) is 37.2 Å². The molecule has 0 atom stereocenters. The lowest BCUT2D eigenvalue weighted by Gasteiger charge is -2.33. The largest absolute Gasteiger partial charge is 0.363 e. The highest BCUT2D eigenvalue weighted by Gasteiger charge is 2.19. The van der Waals surface area contributed by atoms with Crippen molar-refractivity contribution in [2.75, 3.05) is 40.3 Å². The van der Waals surface area contributed by atoms with E-state index in [9.17, 15) is 0 Å². The van der Waals surface area contributed by atoms with Crippen molar-refractivity contribution in [2.24, 2.45) is 0 Å². The zero-order valence-corrected chi connectivity index (χ0v) is 16.3. The van der Waals surface area contributed by atoms with Gasteiger partial charge in [-0.25, -0.2) is 0 Å². The van der Waals surface area contributed by atoms with Crippen LogP contribution in [0.3, 0.4) is 0 Å². The van der Waals surface area contributed by atoms with Crippen LogP contribution < -0.4 is 10.6 Å². The van der Waals surface area contributed by atoms with Crippen LogP contribution in [0.2, 0.25) is 5.02 Å². The van der Waals surface area contributed by atoms with Gasteiger partial charge in [0.15, 0.2) is 5.11 Å². The van der Waals surface area contributed by atoms with Crippen molar-refractivity contribution in [1.82, 2.24) is 20.4 Å². The highest BCUT2D eigenvalue weighted by molar-refractivity contribution is 7.80. The maximum absolute atomic E-state index is 5.94. The number of nitrogens with one attached hydrogen (secondary N) is 2. The third-order valence-electron chi connectivity index (χ3n) is 4.31. The molecule has 6 heteroatoms. The number of halogens is 1. The Morgan fingerprint density at radius 1 is 1.25 bits per heavy atom. The van der Waals surface area contributed by atoms with Crippen molar-refractivity contribution in [2.45, 2.75) is 31.8 Å². The van der Waals surface area contributed by atoms with E-state index in [1.165, 1.54) is 5.56 Å². The lowest BCUT2D eigenvalue weighted by atomic mass is 10.0. The van der Waals surface area contributed by atoms with Crippen LogP contribution in [-0.4, -0.2) is 61.2 Å². The second-order valence-corrected chi connectivity index (χ2v) is 7.58. The van der Waals surface area contributed by atoms with Crippen molar-refractivity contribution in [1.29, 1.82) is 0 Å². The molecule has 4 nitrogen and oxygen atoms in total. The standard InChI is InChI=1S/C18H29ClN4S/c1-22(2)11-3-10-20-18(24)21-17-8-12-23(13-9-17)14-15-4-6-16(19)7-5-15/h4-7,17H,3,8-14H2,1-2H3,(H2,20,21,24). The average Bonchev–Trinajstić information content (AvgIpc) is 2.55. The van der Waals surface area contributed by atoms with Gasteiger partial charge in [0.25, 0.3) is 0 Å². The number of thiocarbonyl (C=S) groups is 1. The van der Waals surface area contributed by atoms with Crippen molar-refractivity contribution in [3.05, 3.63) is 34.9 Å².